The molecule has 4 rings (SSSR count). The fraction of sp³-hybridized carbons (Fsp3) is 0.200. The highest BCUT2D eigenvalue weighted by molar-refractivity contribution is 6.39. The molecule has 2 aromatic rings. The lowest BCUT2D eigenvalue weighted by molar-refractivity contribution is -0.526. The third-order valence-corrected chi connectivity index (χ3v) is 5.31. The summed E-state index contributed by atoms with van der Waals surface area (Å²) in [7, 11) is 1.26. The van der Waals surface area contributed by atoms with Gasteiger partial charge in [0.1, 0.15) is 35.1 Å². The topological polar surface area (TPSA) is 229 Å². The Bertz CT molecular complexity index is 1540. The van der Waals surface area contributed by atoms with Gasteiger partial charge in [-0.3, -0.25) is 30.3 Å². The predicted octanol–water partition coefficient (Wildman–Crippen LogP) is -0.962. The van der Waals surface area contributed by atoms with Crippen molar-refractivity contribution in [3.05, 3.63) is 71.6 Å². The van der Waals surface area contributed by atoms with Crippen molar-refractivity contribution < 1.29 is 44.1 Å². The van der Waals surface area contributed by atoms with Gasteiger partial charge in [0.05, 0.1) is 18.5 Å². The lowest BCUT2D eigenvalue weighted by Crippen LogP contribution is -2.83. The number of quaternary nitrogens is 2. The van der Waals surface area contributed by atoms with Gasteiger partial charge in [0.2, 0.25) is 5.70 Å². The minimum atomic E-state index is -0.672. The number of esters is 1. The van der Waals surface area contributed by atoms with Gasteiger partial charge >= 0.3 is 18.0 Å². The summed E-state index contributed by atoms with van der Waals surface area (Å²) in [5.74, 6) is -1.97. The number of nitrogens with zero attached hydrogens (tertiary/aromatic N) is 1. The quantitative estimate of drug-likeness (QED) is 0.186. The van der Waals surface area contributed by atoms with Crippen LogP contribution in [0.4, 0.5) is 16.2 Å². The molecule has 2 aliphatic rings. The molecule has 4 heterocycles. The molecule has 0 aromatic carbocycles. The van der Waals surface area contributed by atoms with Crippen LogP contribution in [0.3, 0.4) is 0 Å². The number of carbonyl (C=O) groups is 5. The molecule has 0 unspecified atom stereocenters. The SMILES string of the molecule is COC(=O)C1=CC(NC(=O)c2cc(NC(=O)C3=NC(NC(=O)c4cc(NC(=O)OC(C)(C)C)c[nH]4)=C[NH2+]3)c[nH]2)=C[NH2+]1. The van der Waals surface area contributed by atoms with E-state index >= 15 is 0 Å². The number of amides is 4. The summed E-state index contributed by atoms with van der Waals surface area (Å²) in [5.41, 5.74) is 0.980. The van der Waals surface area contributed by atoms with Crippen molar-refractivity contribution in [2.24, 2.45) is 4.99 Å². The van der Waals surface area contributed by atoms with Crippen LogP contribution in [0.15, 0.2) is 65.2 Å². The zero-order valence-electron chi connectivity index (χ0n) is 22.5. The van der Waals surface area contributed by atoms with E-state index in [-0.39, 0.29) is 23.0 Å². The van der Waals surface area contributed by atoms with E-state index in [4.69, 9.17) is 4.74 Å². The van der Waals surface area contributed by atoms with E-state index in [9.17, 15) is 24.0 Å². The molecule has 10 N–H and O–H groups in total. The second kappa shape index (κ2) is 11.7. The number of carbonyl (C=O) groups excluding carboxylic acids is 5. The third-order valence-electron chi connectivity index (χ3n) is 5.31. The Kier molecular flexibility index (Phi) is 8.16. The lowest BCUT2D eigenvalue weighted by atomic mass is 10.2. The molecule has 0 saturated carbocycles. The summed E-state index contributed by atoms with van der Waals surface area (Å²) in [5, 5.41) is 13.3. The van der Waals surface area contributed by atoms with Crippen LogP contribution in [0.5, 0.6) is 0 Å². The molecule has 0 radical (unpaired) electrons. The Morgan fingerprint density at radius 3 is 2.10 bits per heavy atom. The number of aromatic nitrogens is 2. The fourth-order valence-corrected chi connectivity index (χ4v) is 3.52. The maximum Gasteiger partial charge on any atom is 0.412 e. The van der Waals surface area contributed by atoms with Crippen LogP contribution in [0.1, 0.15) is 41.7 Å². The van der Waals surface area contributed by atoms with Crippen LogP contribution in [0.2, 0.25) is 0 Å². The van der Waals surface area contributed by atoms with Crippen LogP contribution >= 0.6 is 0 Å². The Morgan fingerprint density at radius 2 is 1.46 bits per heavy atom. The molecule has 0 fully saturated rings. The normalized spacial score (nSPS) is 14.2. The Morgan fingerprint density at radius 1 is 0.829 bits per heavy atom. The molecule has 2 aromatic heterocycles. The largest absolute Gasteiger partial charge is 0.462 e. The zero-order chi connectivity index (χ0) is 29.7. The molecular weight excluding hydrogens is 538 g/mol. The van der Waals surface area contributed by atoms with Crippen molar-refractivity contribution in [2.45, 2.75) is 26.4 Å². The van der Waals surface area contributed by atoms with Crippen LogP contribution in [0, 0.1) is 0 Å². The number of rotatable bonds is 8. The minimum Gasteiger partial charge on any atom is -0.462 e. The minimum absolute atomic E-state index is 0.0263. The monoisotopic (exact) mass is 567 g/mol. The fourth-order valence-electron chi connectivity index (χ4n) is 3.52. The predicted molar refractivity (Wildman–Crippen MR) is 143 cm³/mol. The van der Waals surface area contributed by atoms with Gasteiger partial charge in [0.15, 0.2) is 5.82 Å². The molecule has 0 bridgehead atoms. The number of allylic oxidation sites excluding steroid dienone is 1. The average molecular weight is 568 g/mol. The average Bonchev–Trinajstić information content (AvgIpc) is 3.70. The standard InChI is InChI=1S/C25H27N9O7/c1-25(2,3)41-24(39)32-14-6-16(27-10-14)21(36)34-18-11-29-19(33-18)22(37)31-12-5-15(26-8-12)20(35)30-13-7-17(28-9-13)23(38)40-4/h5-11,26-28H,1-4H3,(H,29,33)(H,30,35)(H,31,37)(H,32,39)(H,34,36)/p+2. The molecule has 0 saturated heterocycles. The zero-order valence-corrected chi connectivity index (χ0v) is 22.5. The summed E-state index contributed by atoms with van der Waals surface area (Å²) >= 11 is 0. The molecule has 16 heteroatoms. The number of nitrogens with two attached hydrogens (primary N) is 2. The van der Waals surface area contributed by atoms with Crippen LogP contribution in [-0.2, 0) is 19.1 Å². The second-order valence-electron chi connectivity index (χ2n) is 9.69. The number of hydrogen-bond donors (Lipinski definition) is 8. The van der Waals surface area contributed by atoms with Gasteiger partial charge in [-0.25, -0.2) is 9.59 Å². The second-order valence-corrected chi connectivity index (χ2v) is 9.69. The summed E-state index contributed by atoms with van der Waals surface area (Å²) in [6, 6.07) is 2.85. The maximum absolute atomic E-state index is 12.7. The number of H-pyrrole nitrogens is 2. The Balaban J connectivity index is 1.27. The number of nitrogens with one attached hydrogen (secondary N) is 6. The molecule has 0 atom stereocenters. The number of hydrogen-bond acceptors (Lipinski definition) is 8. The van der Waals surface area contributed by atoms with Crippen molar-refractivity contribution in [3.63, 3.8) is 0 Å². The molecule has 16 nitrogen and oxygen atoms in total. The first-order chi connectivity index (χ1) is 19.4. The van der Waals surface area contributed by atoms with E-state index in [0.717, 1.165) is 0 Å². The van der Waals surface area contributed by atoms with E-state index in [1.807, 2.05) is 0 Å². The highest BCUT2D eigenvalue weighted by atomic mass is 16.6. The van der Waals surface area contributed by atoms with Gasteiger partial charge in [0, 0.05) is 18.5 Å². The van der Waals surface area contributed by atoms with Crippen LogP contribution in [0.25, 0.3) is 0 Å². The van der Waals surface area contributed by atoms with E-state index in [1.165, 1.54) is 54.5 Å². The first kappa shape index (κ1) is 28.5. The number of aliphatic imine (C=N–C) groups is 1. The van der Waals surface area contributed by atoms with Gasteiger partial charge in [-0.2, -0.15) is 4.99 Å². The first-order valence-corrected chi connectivity index (χ1v) is 12.2. The molecule has 41 heavy (non-hydrogen) atoms. The molecule has 214 valence electrons. The molecule has 4 amide bonds. The number of amidine groups is 1. The smallest absolute Gasteiger partial charge is 0.412 e. The maximum atomic E-state index is 12.7. The molecule has 2 aliphatic heterocycles. The number of ether oxygens (including phenoxy) is 2. The number of anilines is 2. The van der Waals surface area contributed by atoms with Gasteiger partial charge < -0.3 is 35.4 Å². The van der Waals surface area contributed by atoms with E-state index in [2.05, 4.69) is 41.0 Å². The van der Waals surface area contributed by atoms with Crippen LogP contribution < -0.4 is 31.9 Å². The van der Waals surface area contributed by atoms with Gasteiger partial charge in [-0.15, -0.1) is 0 Å². The Hall–Kier alpha value is -5.48. The van der Waals surface area contributed by atoms with Crippen molar-refractivity contribution in [2.75, 3.05) is 17.7 Å². The van der Waals surface area contributed by atoms with E-state index in [0.29, 0.717) is 22.8 Å². The highest BCUT2D eigenvalue weighted by Gasteiger charge is 2.25. The lowest BCUT2D eigenvalue weighted by Gasteiger charge is -2.19. The molecule has 0 spiro atoms. The van der Waals surface area contributed by atoms with Crippen molar-refractivity contribution in [1.82, 2.24) is 20.6 Å². The van der Waals surface area contributed by atoms with Crippen LogP contribution in [-0.4, -0.2) is 58.3 Å². The van der Waals surface area contributed by atoms with Crippen molar-refractivity contribution in [3.8, 4) is 0 Å². The summed E-state index contributed by atoms with van der Waals surface area (Å²) in [4.78, 5) is 70.8. The summed E-state index contributed by atoms with van der Waals surface area (Å²) in [6.07, 6.45) is 6.68. The third kappa shape index (κ3) is 7.55. The van der Waals surface area contributed by atoms with Gasteiger partial charge in [0.25, 0.3) is 17.6 Å². The van der Waals surface area contributed by atoms with E-state index < -0.39 is 35.4 Å². The van der Waals surface area contributed by atoms with Gasteiger partial charge in [-0.05, 0) is 32.9 Å². The van der Waals surface area contributed by atoms with Crippen molar-refractivity contribution >= 4 is 47.0 Å². The Labute approximate surface area is 232 Å². The van der Waals surface area contributed by atoms with Crippen molar-refractivity contribution in [1.29, 1.82) is 0 Å². The van der Waals surface area contributed by atoms with Gasteiger partial charge in [-0.1, -0.05) is 0 Å². The highest BCUT2D eigenvalue weighted by Crippen LogP contribution is 2.14. The molecular formula is C25H29N9O7+2. The first-order valence-electron chi connectivity index (χ1n) is 12.2. The number of aromatic amines is 2. The number of methoxy groups -OCH3 is 1. The summed E-state index contributed by atoms with van der Waals surface area (Å²) in [6.45, 7) is 5.20. The van der Waals surface area contributed by atoms with E-state index in [1.54, 1.807) is 27.0 Å². The summed E-state index contributed by atoms with van der Waals surface area (Å²) < 4.78 is 9.81. The molecule has 0 aliphatic carbocycles.